The summed E-state index contributed by atoms with van der Waals surface area (Å²) in [5.41, 5.74) is 8.60. The Kier molecular flexibility index (Phi) is 8.77. The third-order valence-corrected chi connectivity index (χ3v) is 5.85. The number of halogens is 2. The molecule has 0 aliphatic rings. The number of nitrogens with one attached hydrogen (secondary N) is 1. The Balaban J connectivity index is 2.11. The van der Waals surface area contributed by atoms with E-state index in [9.17, 15) is 4.79 Å². The predicted molar refractivity (Wildman–Crippen MR) is 118 cm³/mol. The van der Waals surface area contributed by atoms with E-state index in [0.717, 1.165) is 24.1 Å². The molecule has 27 heavy (non-hydrogen) atoms. The third kappa shape index (κ3) is 6.92. The Labute approximate surface area is 175 Å². The third-order valence-electron chi connectivity index (χ3n) is 4.00. The molecule has 0 saturated carbocycles. The lowest BCUT2D eigenvalue weighted by molar-refractivity contribution is -0.118. The number of carbonyl (C=O) groups excluding carboxylic acids is 1. The second-order valence-corrected chi connectivity index (χ2v) is 8.43. The van der Waals surface area contributed by atoms with Crippen LogP contribution >= 0.6 is 35.0 Å². The maximum Gasteiger partial charge on any atom is 0.230 e. The van der Waals surface area contributed by atoms with Gasteiger partial charge in [-0.15, -0.1) is 11.8 Å². The standard InChI is InChI=1S/C20H25Cl2N3OS/c1-25(2)11-5-10-24-19(26)13-27-20(15-6-3-4-7-17(15)22)16-12-14(21)8-9-18(16)23/h3-4,6-9,12,20H,5,10-11,13,23H2,1-2H3,(H,24,26). The molecule has 0 bridgehead atoms. The van der Waals surface area contributed by atoms with Crippen LogP contribution in [0.15, 0.2) is 42.5 Å². The number of hydrogen-bond donors (Lipinski definition) is 2. The van der Waals surface area contributed by atoms with E-state index in [1.165, 1.54) is 11.8 Å². The fourth-order valence-electron chi connectivity index (χ4n) is 2.64. The van der Waals surface area contributed by atoms with Crippen LogP contribution in [0.3, 0.4) is 0 Å². The molecule has 1 atom stereocenters. The van der Waals surface area contributed by atoms with E-state index in [0.29, 0.717) is 28.0 Å². The molecular formula is C20H25Cl2N3OS. The maximum atomic E-state index is 12.3. The van der Waals surface area contributed by atoms with Crippen molar-refractivity contribution in [3.05, 3.63) is 63.6 Å². The molecule has 0 saturated heterocycles. The predicted octanol–water partition coefficient (Wildman–Crippen LogP) is 4.47. The van der Waals surface area contributed by atoms with Crippen LogP contribution < -0.4 is 11.1 Å². The summed E-state index contributed by atoms with van der Waals surface area (Å²) in [6.07, 6.45) is 0.915. The number of hydrogen-bond acceptors (Lipinski definition) is 4. The van der Waals surface area contributed by atoms with Crippen molar-refractivity contribution in [1.82, 2.24) is 10.2 Å². The van der Waals surface area contributed by atoms with Crippen molar-refractivity contribution in [2.45, 2.75) is 11.7 Å². The highest BCUT2D eigenvalue weighted by molar-refractivity contribution is 8.00. The van der Waals surface area contributed by atoms with E-state index in [-0.39, 0.29) is 11.2 Å². The second-order valence-electron chi connectivity index (χ2n) is 6.49. The molecule has 2 rings (SSSR count). The molecule has 0 aliphatic carbocycles. The Morgan fingerprint density at radius 2 is 1.93 bits per heavy atom. The highest BCUT2D eigenvalue weighted by atomic mass is 35.5. The van der Waals surface area contributed by atoms with Gasteiger partial charge in [-0.2, -0.15) is 0 Å². The number of nitrogen functional groups attached to an aromatic ring is 1. The van der Waals surface area contributed by atoms with Gasteiger partial charge in [-0.05, 0) is 62.5 Å². The lowest BCUT2D eigenvalue weighted by Gasteiger charge is -2.21. The van der Waals surface area contributed by atoms with E-state index >= 15 is 0 Å². The van der Waals surface area contributed by atoms with Crippen LogP contribution in [0.4, 0.5) is 5.69 Å². The molecule has 3 N–H and O–H groups in total. The zero-order valence-corrected chi connectivity index (χ0v) is 17.9. The van der Waals surface area contributed by atoms with E-state index in [4.69, 9.17) is 28.9 Å². The van der Waals surface area contributed by atoms with Crippen molar-refractivity contribution in [3.8, 4) is 0 Å². The summed E-state index contributed by atoms with van der Waals surface area (Å²) in [5.74, 6) is 0.306. The first-order valence-electron chi connectivity index (χ1n) is 8.71. The van der Waals surface area contributed by atoms with Gasteiger partial charge in [-0.1, -0.05) is 41.4 Å². The first-order valence-corrected chi connectivity index (χ1v) is 10.5. The van der Waals surface area contributed by atoms with Crippen LogP contribution in [-0.2, 0) is 4.79 Å². The van der Waals surface area contributed by atoms with E-state index < -0.39 is 0 Å². The van der Waals surface area contributed by atoms with Crippen LogP contribution in [0.5, 0.6) is 0 Å². The number of carbonyl (C=O) groups is 1. The zero-order chi connectivity index (χ0) is 19.8. The number of anilines is 1. The van der Waals surface area contributed by atoms with E-state index in [1.807, 2.05) is 44.4 Å². The van der Waals surface area contributed by atoms with Crippen molar-refractivity contribution < 1.29 is 4.79 Å². The summed E-state index contributed by atoms with van der Waals surface area (Å²) in [7, 11) is 4.03. The minimum absolute atomic E-state index is 0.00332. The van der Waals surface area contributed by atoms with Crippen molar-refractivity contribution in [1.29, 1.82) is 0 Å². The minimum atomic E-state index is -0.176. The lowest BCUT2D eigenvalue weighted by atomic mass is 10.0. The summed E-state index contributed by atoms with van der Waals surface area (Å²) in [6.45, 7) is 1.60. The van der Waals surface area contributed by atoms with Gasteiger partial charge < -0.3 is 16.0 Å². The molecule has 0 spiro atoms. The molecule has 146 valence electrons. The van der Waals surface area contributed by atoms with Crippen LogP contribution in [0.1, 0.15) is 22.8 Å². The first-order chi connectivity index (χ1) is 12.9. The molecule has 4 nitrogen and oxygen atoms in total. The second kappa shape index (κ2) is 10.8. The molecule has 0 aromatic heterocycles. The van der Waals surface area contributed by atoms with Gasteiger partial charge in [0, 0.05) is 22.3 Å². The number of thioether (sulfide) groups is 1. The Morgan fingerprint density at radius 1 is 1.19 bits per heavy atom. The van der Waals surface area contributed by atoms with Gasteiger partial charge in [0.15, 0.2) is 0 Å². The average Bonchev–Trinajstić information content (AvgIpc) is 2.63. The SMILES string of the molecule is CN(C)CCCNC(=O)CSC(c1cc(Cl)ccc1N)c1ccccc1Cl. The zero-order valence-electron chi connectivity index (χ0n) is 15.5. The van der Waals surface area contributed by atoms with Crippen LogP contribution in [0.25, 0.3) is 0 Å². The molecule has 7 heteroatoms. The van der Waals surface area contributed by atoms with Gasteiger partial charge >= 0.3 is 0 Å². The largest absolute Gasteiger partial charge is 0.398 e. The lowest BCUT2D eigenvalue weighted by Crippen LogP contribution is -2.28. The van der Waals surface area contributed by atoms with Crippen molar-refractivity contribution in [3.63, 3.8) is 0 Å². The monoisotopic (exact) mass is 425 g/mol. The van der Waals surface area contributed by atoms with Crippen LogP contribution in [0, 0.1) is 0 Å². The molecule has 2 aromatic carbocycles. The Hall–Kier alpha value is -1.40. The molecule has 0 aliphatic heterocycles. The highest BCUT2D eigenvalue weighted by Crippen LogP contribution is 2.42. The van der Waals surface area contributed by atoms with Crippen LogP contribution in [0.2, 0.25) is 10.0 Å². The average molecular weight is 426 g/mol. The minimum Gasteiger partial charge on any atom is -0.398 e. The molecule has 1 unspecified atom stereocenters. The first kappa shape index (κ1) is 21.9. The number of rotatable bonds is 9. The van der Waals surface area contributed by atoms with Crippen molar-refractivity contribution >= 4 is 46.6 Å². The summed E-state index contributed by atoms with van der Waals surface area (Å²) >= 11 is 14.1. The molecule has 2 aromatic rings. The van der Waals surface area contributed by atoms with Gasteiger partial charge in [-0.3, -0.25) is 4.79 Å². The number of nitrogens with zero attached hydrogens (tertiary/aromatic N) is 1. The van der Waals surface area contributed by atoms with Gasteiger partial charge in [0.05, 0.1) is 11.0 Å². The van der Waals surface area contributed by atoms with E-state index in [2.05, 4.69) is 10.2 Å². The van der Waals surface area contributed by atoms with Gasteiger partial charge in [0.25, 0.3) is 0 Å². The topological polar surface area (TPSA) is 58.4 Å². The highest BCUT2D eigenvalue weighted by Gasteiger charge is 2.21. The number of amides is 1. The quantitative estimate of drug-likeness (QED) is 0.459. The normalized spacial score (nSPS) is 12.2. The molecule has 0 radical (unpaired) electrons. The van der Waals surface area contributed by atoms with Crippen LogP contribution in [-0.4, -0.2) is 43.7 Å². The molecule has 0 heterocycles. The molecular weight excluding hydrogens is 401 g/mol. The van der Waals surface area contributed by atoms with Crippen molar-refractivity contribution in [2.24, 2.45) is 0 Å². The fourth-order valence-corrected chi connectivity index (χ4v) is 4.32. The van der Waals surface area contributed by atoms with Crippen molar-refractivity contribution in [2.75, 3.05) is 38.7 Å². The maximum absolute atomic E-state index is 12.3. The molecule has 1 amide bonds. The fraction of sp³-hybridized carbons (Fsp3) is 0.350. The number of benzene rings is 2. The summed E-state index contributed by atoms with van der Waals surface area (Å²) in [4.78, 5) is 14.3. The summed E-state index contributed by atoms with van der Waals surface area (Å²) in [6, 6.07) is 13.0. The summed E-state index contributed by atoms with van der Waals surface area (Å²) in [5, 5.41) is 4.03. The van der Waals surface area contributed by atoms with Gasteiger partial charge in [0.1, 0.15) is 0 Å². The smallest absolute Gasteiger partial charge is 0.230 e. The Bertz CT molecular complexity index is 771. The van der Waals surface area contributed by atoms with E-state index in [1.54, 1.807) is 12.1 Å². The molecule has 0 fully saturated rings. The Morgan fingerprint density at radius 3 is 2.63 bits per heavy atom. The van der Waals surface area contributed by atoms with Gasteiger partial charge in [0.2, 0.25) is 5.91 Å². The number of nitrogens with two attached hydrogens (primary N) is 1. The van der Waals surface area contributed by atoms with Gasteiger partial charge in [-0.25, -0.2) is 0 Å². The summed E-state index contributed by atoms with van der Waals surface area (Å²) < 4.78 is 0.